The molecule has 0 bridgehead atoms. The Morgan fingerprint density at radius 3 is 3.00 bits per heavy atom. The molecule has 0 aliphatic carbocycles. The van der Waals surface area contributed by atoms with Crippen LogP contribution in [-0.2, 0) is 0 Å². The van der Waals surface area contributed by atoms with Gasteiger partial charge in [-0.1, -0.05) is 0 Å². The molecule has 0 aliphatic heterocycles. The molecule has 19 heavy (non-hydrogen) atoms. The fraction of sp³-hybridized carbons (Fsp3) is 0.214. The average Bonchev–Trinajstić information content (AvgIpc) is 2.99. The Balaban J connectivity index is 1.92. The summed E-state index contributed by atoms with van der Waals surface area (Å²) in [6, 6.07) is 6.13. The molecule has 0 radical (unpaired) electrons. The minimum Gasteiger partial charge on any atom is -0.492 e. The standard InChI is InChI=1S/C14H14N2OS2/c1-2-17-10-5-9(7-16-8-10)14(15)13-6-12-11(19-13)3-4-18-12/h3-8,14H,2,15H2,1H3. The van der Waals surface area contributed by atoms with Gasteiger partial charge < -0.3 is 10.5 Å². The van der Waals surface area contributed by atoms with Crippen molar-refractivity contribution >= 4 is 32.1 Å². The predicted octanol–water partition coefficient (Wildman–Crippen LogP) is 3.80. The number of hydrogen-bond acceptors (Lipinski definition) is 5. The van der Waals surface area contributed by atoms with Crippen LogP contribution < -0.4 is 10.5 Å². The van der Waals surface area contributed by atoms with E-state index in [1.807, 2.05) is 13.0 Å². The number of thiophene rings is 2. The van der Waals surface area contributed by atoms with E-state index in [1.165, 1.54) is 9.40 Å². The molecule has 3 heterocycles. The van der Waals surface area contributed by atoms with Crippen molar-refractivity contribution in [3.63, 3.8) is 0 Å². The second-order valence-electron chi connectivity index (χ2n) is 4.16. The lowest BCUT2D eigenvalue weighted by Gasteiger charge is -2.11. The van der Waals surface area contributed by atoms with Gasteiger partial charge in [-0.2, -0.15) is 0 Å². The molecule has 98 valence electrons. The highest BCUT2D eigenvalue weighted by Gasteiger charge is 2.14. The minimum atomic E-state index is -0.141. The number of pyridine rings is 1. The van der Waals surface area contributed by atoms with Crippen LogP contribution in [0.5, 0.6) is 5.75 Å². The summed E-state index contributed by atoms with van der Waals surface area (Å²) < 4.78 is 8.06. The maximum atomic E-state index is 6.32. The highest BCUT2D eigenvalue weighted by molar-refractivity contribution is 7.27. The van der Waals surface area contributed by atoms with Gasteiger partial charge in [0.05, 0.1) is 18.8 Å². The highest BCUT2D eigenvalue weighted by atomic mass is 32.1. The number of hydrogen-bond donors (Lipinski definition) is 1. The summed E-state index contributed by atoms with van der Waals surface area (Å²) in [5.41, 5.74) is 7.31. The molecule has 3 aromatic rings. The van der Waals surface area contributed by atoms with Crippen molar-refractivity contribution in [3.05, 3.63) is 46.4 Å². The van der Waals surface area contributed by atoms with Crippen molar-refractivity contribution in [3.8, 4) is 5.75 Å². The van der Waals surface area contributed by atoms with Gasteiger partial charge in [-0.3, -0.25) is 4.98 Å². The number of ether oxygens (including phenoxy) is 1. The van der Waals surface area contributed by atoms with E-state index in [0.717, 1.165) is 16.2 Å². The first-order valence-corrected chi connectivity index (χ1v) is 7.78. The van der Waals surface area contributed by atoms with E-state index in [4.69, 9.17) is 10.5 Å². The van der Waals surface area contributed by atoms with Gasteiger partial charge in [0, 0.05) is 20.5 Å². The van der Waals surface area contributed by atoms with E-state index >= 15 is 0 Å². The van der Waals surface area contributed by atoms with Crippen molar-refractivity contribution in [2.45, 2.75) is 13.0 Å². The molecule has 0 amide bonds. The number of fused-ring (bicyclic) bond motifs is 1. The molecule has 3 aromatic heterocycles. The molecule has 0 spiro atoms. The SMILES string of the molecule is CCOc1cncc(C(N)c2cc3sccc3s2)c1. The number of rotatable bonds is 4. The van der Waals surface area contributed by atoms with Gasteiger partial charge in [0.2, 0.25) is 0 Å². The Labute approximate surface area is 119 Å². The summed E-state index contributed by atoms with van der Waals surface area (Å²) in [4.78, 5) is 5.36. The topological polar surface area (TPSA) is 48.1 Å². The van der Waals surface area contributed by atoms with Crippen LogP contribution in [0, 0.1) is 0 Å². The molecule has 0 saturated heterocycles. The van der Waals surface area contributed by atoms with Gasteiger partial charge in [-0.15, -0.1) is 22.7 Å². The van der Waals surface area contributed by atoms with Crippen LogP contribution in [0.3, 0.4) is 0 Å². The van der Waals surface area contributed by atoms with Crippen LogP contribution in [0.1, 0.15) is 23.4 Å². The van der Waals surface area contributed by atoms with Gasteiger partial charge in [0.25, 0.3) is 0 Å². The third kappa shape index (κ3) is 2.49. The minimum absolute atomic E-state index is 0.141. The second-order valence-corrected chi connectivity index (χ2v) is 6.23. The molecule has 0 saturated carbocycles. The van der Waals surface area contributed by atoms with Crippen LogP contribution in [0.4, 0.5) is 0 Å². The molecule has 3 rings (SSSR count). The van der Waals surface area contributed by atoms with E-state index < -0.39 is 0 Å². The maximum absolute atomic E-state index is 6.32. The van der Waals surface area contributed by atoms with Crippen molar-refractivity contribution < 1.29 is 4.74 Å². The van der Waals surface area contributed by atoms with Crippen LogP contribution >= 0.6 is 22.7 Å². The summed E-state index contributed by atoms with van der Waals surface area (Å²) in [6.07, 6.45) is 3.52. The normalized spacial score (nSPS) is 12.7. The Morgan fingerprint density at radius 2 is 2.21 bits per heavy atom. The molecule has 2 N–H and O–H groups in total. The molecule has 0 aromatic carbocycles. The second kappa shape index (κ2) is 5.28. The monoisotopic (exact) mass is 290 g/mol. The quantitative estimate of drug-likeness (QED) is 0.795. The molecular weight excluding hydrogens is 276 g/mol. The smallest absolute Gasteiger partial charge is 0.137 e. The van der Waals surface area contributed by atoms with Crippen LogP contribution in [0.15, 0.2) is 36.0 Å². The summed E-state index contributed by atoms with van der Waals surface area (Å²) in [5, 5.41) is 2.10. The van der Waals surface area contributed by atoms with Crippen LogP contribution in [0.25, 0.3) is 9.40 Å². The lowest BCUT2D eigenvalue weighted by Crippen LogP contribution is -2.10. The summed E-state index contributed by atoms with van der Waals surface area (Å²) in [7, 11) is 0. The summed E-state index contributed by atoms with van der Waals surface area (Å²) in [6.45, 7) is 2.59. The molecule has 0 aliphatic rings. The van der Waals surface area contributed by atoms with E-state index in [-0.39, 0.29) is 6.04 Å². The molecular formula is C14H14N2OS2. The number of aromatic nitrogens is 1. The van der Waals surface area contributed by atoms with Gasteiger partial charge in [-0.25, -0.2) is 0 Å². The maximum Gasteiger partial charge on any atom is 0.137 e. The largest absolute Gasteiger partial charge is 0.492 e. The van der Waals surface area contributed by atoms with Crippen molar-refractivity contribution in [2.75, 3.05) is 6.61 Å². The van der Waals surface area contributed by atoms with E-state index in [9.17, 15) is 0 Å². The average molecular weight is 290 g/mol. The zero-order valence-corrected chi connectivity index (χ0v) is 12.1. The molecule has 5 heteroatoms. The third-order valence-electron chi connectivity index (χ3n) is 2.87. The summed E-state index contributed by atoms with van der Waals surface area (Å²) in [5.74, 6) is 0.772. The Bertz CT molecular complexity index is 661. The van der Waals surface area contributed by atoms with Gasteiger partial charge in [0.1, 0.15) is 5.75 Å². The first-order chi connectivity index (χ1) is 9.28. The Morgan fingerprint density at radius 1 is 1.32 bits per heavy atom. The lowest BCUT2D eigenvalue weighted by atomic mass is 10.1. The molecule has 1 atom stereocenters. The van der Waals surface area contributed by atoms with E-state index in [1.54, 1.807) is 35.1 Å². The van der Waals surface area contributed by atoms with Gasteiger partial charge in [-0.05, 0) is 36.1 Å². The lowest BCUT2D eigenvalue weighted by molar-refractivity contribution is 0.338. The highest BCUT2D eigenvalue weighted by Crippen LogP contribution is 2.35. The van der Waals surface area contributed by atoms with Gasteiger partial charge in [0.15, 0.2) is 0 Å². The molecule has 3 nitrogen and oxygen atoms in total. The third-order valence-corrected chi connectivity index (χ3v) is 5.05. The van der Waals surface area contributed by atoms with Crippen LogP contribution in [0.2, 0.25) is 0 Å². The molecule has 1 unspecified atom stereocenters. The zero-order valence-electron chi connectivity index (χ0n) is 10.5. The zero-order chi connectivity index (χ0) is 13.2. The first kappa shape index (κ1) is 12.6. The summed E-state index contributed by atoms with van der Waals surface area (Å²) >= 11 is 3.49. The predicted molar refractivity (Wildman–Crippen MR) is 81.1 cm³/mol. The van der Waals surface area contributed by atoms with E-state index in [2.05, 4.69) is 22.5 Å². The van der Waals surface area contributed by atoms with Crippen molar-refractivity contribution in [1.82, 2.24) is 4.98 Å². The van der Waals surface area contributed by atoms with Crippen molar-refractivity contribution in [1.29, 1.82) is 0 Å². The Kier molecular flexibility index (Phi) is 3.50. The Hall–Kier alpha value is -1.43. The fourth-order valence-electron chi connectivity index (χ4n) is 1.95. The number of nitrogens with zero attached hydrogens (tertiary/aromatic N) is 1. The fourth-order valence-corrected chi connectivity index (χ4v) is 4.10. The van der Waals surface area contributed by atoms with Crippen molar-refractivity contribution in [2.24, 2.45) is 5.73 Å². The van der Waals surface area contributed by atoms with Gasteiger partial charge >= 0.3 is 0 Å². The molecule has 0 fully saturated rings. The van der Waals surface area contributed by atoms with Crippen LogP contribution in [-0.4, -0.2) is 11.6 Å². The number of nitrogens with two attached hydrogens (primary N) is 1. The first-order valence-electron chi connectivity index (χ1n) is 6.08. The van der Waals surface area contributed by atoms with E-state index in [0.29, 0.717) is 6.61 Å².